The van der Waals surface area contributed by atoms with E-state index in [9.17, 15) is 4.39 Å². The molecule has 0 aliphatic heterocycles. The summed E-state index contributed by atoms with van der Waals surface area (Å²) in [6.07, 6.45) is 0. The third kappa shape index (κ3) is 1.54. The Kier molecular flexibility index (Phi) is 2.65. The van der Waals surface area contributed by atoms with E-state index in [0.29, 0.717) is 6.61 Å². The second kappa shape index (κ2) is 3.72. The maximum atomic E-state index is 13.1. The molecule has 0 spiro atoms. The molecule has 1 aromatic rings. The lowest BCUT2D eigenvalue weighted by Crippen LogP contribution is -1.95. The van der Waals surface area contributed by atoms with Crippen molar-refractivity contribution in [3.63, 3.8) is 0 Å². The van der Waals surface area contributed by atoms with Crippen LogP contribution in [0.5, 0.6) is 5.75 Å². The first-order valence-corrected chi connectivity index (χ1v) is 3.61. The minimum atomic E-state index is -0.582. The summed E-state index contributed by atoms with van der Waals surface area (Å²) in [6.45, 7) is 2.16. The zero-order chi connectivity index (χ0) is 8.97. The molecule has 1 aromatic carbocycles. The number of nitriles is 1. The van der Waals surface area contributed by atoms with Crippen molar-refractivity contribution in [2.45, 2.75) is 6.92 Å². The summed E-state index contributed by atoms with van der Waals surface area (Å²) in [5, 5.41) is 8.47. The molecule has 0 N–H and O–H groups in total. The molecule has 0 radical (unpaired) electrons. The highest BCUT2D eigenvalue weighted by Crippen LogP contribution is 2.19. The Morgan fingerprint density at radius 3 is 2.92 bits per heavy atom. The van der Waals surface area contributed by atoms with Gasteiger partial charge in [0.05, 0.1) is 12.2 Å². The minimum Gasteiger partial charge on any atom is -0.491 e. The van der Waals surface area contributed by atoms with Gasteiger partial charge >= 0.3 is 0 Å². The fourth-order valence-corrected chi connectivity index (χ4v) is 0.864. The van der Waals surface area contributed by atoms with Crippen LogP contribution in [0.2, 0.25) is 0 Å². The first kappa shape index (κ1) is 8.54. The zero-order valence-electron chi connectivity index (χ0n) is 6.67. The molecular weight excluding hydrogens is 157 g/mol. The van der Waals surface area contributed by atoms with E-state index in [-0.39, 0.29) is 11.3 Å². The number of nitrogens with zero attached hydrogens (tertiary/aromatic N) is 1. The minimum absolute atomic E-state index is 0.0148. The summed E-state index contributed by atoms with van der Waals surface area (Å²) in [7, 11) is 0. The van der Waals surface area contributed by atoms with Crippen LogP contribution in [0, 0.1) is 17.1 Å². The molecule has 0 atom stereocenters. The number of hydrogen-bond acceptors (Lipinski definition) is 2. The van der Waals surface area contributed by atoms with E-state index in [2.05, 4.69) is 0 Å². The molecule has 0 saturated carbocycles. The van der Waals surface area contributed by atoms with Crippen LogP contribution < -0.4 is 4.74 Å². The summed E-state index contributed by atoms with van der Waals surface area (Å²) in [5.74, 6) is -0.446. The topological polar surface area (TPSA) is 33.0 Å². The Balaban J connectivity index is 3.07. The number of hydrogen-bond donors (Lipinski definition) is 0. The second-order valence-corrected chi connectivity index (χ2v) is 2.16. The van der Waals surface area contributed by atoms with Gasteiger partial charge in [0.2, 0.25) is 0 Å². The molecule has 0 fully saturated rings. The second-order valence-electron chi connectivity index (χ2n) is 2.16. The van der Waals surface area contributed by atoms with Crippen molar-refractivity contribution in [1.29, 1.82) is 5.26 Å². The fraction of sp³-hybridized carbons (Fsp3) is 0.222. The highest BCUT2D eigenvalue weighted by Gasteiger charge is 2.06. The van der Waals surface area contributed by atoms with Crippen LogP contribution in [-0.4, -0.2) is 6.61 Å². The molecule has 0 saturated heterocycles. The predicted octanol–water partition coefficient (Wildman–Crippen LogP) is 2.10. The molecule has 0 unspecified atom stereocenters. The van der Waals surface area contributed by atoms with Crippen LogP contribution >= 0.6 is 0 Å². The monoisotopic (exact) mass is 165 g/mol. The van der Waals surface area contributed by atoms with Gasteiger partial charge in [-0.05, 0) is 19.1 Å². The van der Waals surface area contributed by atoms with Gasteiger partial charge < -0.3 is 4.74 Å². The van der Waals surface area contributed by atoms with E-state index in [4.69, 9.17) is 10.00 Å². The standard InChI is InChI=1S/C9H8FNO/c1-2-12-8-5-3-4-7(6-11)9(8)10/h3-5H,2H2,1H3. The van der Waals surface area contributed by atoms with Gasteiger partial charge in [-0.3, -0.25) is 0 Å². The Morgan fingerprint density at radius 2 is 2.33 bits per heavy atom. The number of ether oxygens (including phenoxy) is 1. The molecule has 3 heteroatoms. The fourth-order valence-electron chi connectivity index (χ4n) is 0.864. The maximum absolute atomic E-state index is 13.1. The van der Waals surface area contributed by atoms with Crippen LogP contribution in [0.3, 0.4) is 0 Å². The van der Waals surface area contributed by atoms with Crippen LogP contribution in [0.25, 0.3) is 0 Å². The SMILES string of the molecule is CCOc1cccc(C#N)c1F. The molecule has 0 aromatic heterocycles. The Bertz CT molecular complexity index is 317. The largest absolute Gasteiger partial charge is 0.491 e. The smallest absolute Gasteiger partial charge is 0.182 e. The van der Waals surface area contributed by atoms with Crippen LogP contribution in [0.1, 0.15) is 12.5 Å². The lowest BCUT2D eigenvalue weighted by molar-refractivity contribution is 0.321. The molecule has 1 rings (SSSR count). The molecule has 2 nitrogen and oxygen atoms in total. The van der Waals surface area contributed by atoms with E-state index in [1.165, 1.54) is 12.1 Å². The molecule has 0 bridgehead atoms. The van der Waals surface area contributed by atoms with E-state index in [1.807, 2.05) is 0 Å². The van der Waals surface area contributed by atoms with E-state index in [0.717, 1.165) is 0 Å². The highest BCUT2D eigenvalue weighted by atomic mass is 19.1. The van der Waals surface area contributed by atoms with Crippen molar-refractivity contribution >= 4 is 0 Å². The lowest BCUT2D eigenvalue weighted by Gasteiger charge is -2.03. The first-order chi connectivity index (χ1) is 5.79. The molecule has 62 valence electrons. The Morgan fingerprint density at radius 1 is 1.58 bits per heavy atom. The molecule has 0 aliphatic carbocycles. The van der Waals surface area contributed by atoms with Gasteiger partial charge in [-0.25, -0.2) is 4.39 Å². The van der Waals surface area contributed by atoms with Crippen LogP contribution in [0.4, 0.5) is 4.39 Å². The normalized spacial score (nSPS) is 9.08. The third-order valence-electron chi connectivity index (χ3n) is 1.38. The van der Waals surface area contributed by atoms with Gasteiger partial charge in [0.1, 0.15) is 6.07 Å². The summed E-state index contributed by atoms with van der Waals surface area (Å²) < 4.78 is 18.1. The average Bonchev–Trinajstić information content (AvgIpc) is 2.09. The highest BCUT2D eigenvalue weighted by molar-refractivity contribution is 5.38. The van der Waals surface area contributed by atoms with Crippen LogP contribution in [-0.2, 0) is 0 Å². The van der Waals surface area contributed by atoms with Gasteiger partial charge in [0.25, 0.3) is 0 Å². The molecule has 12 heavy (non-hydrogen) atoms. The van der Waals surface area contributed by atoms with Crippen molar-refractivity contribution in [2.75, 3.05) is 6.61 Å². The van der Waals surface area contributed by atoms with Crippen molar-refractivity contribution in [3.8, 4) is 11.8 Å². The van der Waals surface area contributed by atoms with E-state index in [1.54, 1.807) is 19.1 Å². The summed E-state index contributed by atoms with van der Waals surface area (Å²) in [4.78, 5) is 0. The number of halogens is 1. The zero-order valence-corrected chi connectivity index (χ0v) is 6.67. The van der Waals surface area contributed by atoms with Crippen molar-refractivity contribution in [2.24, 2.45) is 0 Å². The quantitative estimate of drug-likeness (QED) is 0.672. The number of rotatable bonds is 2. The summed E-state index contributed by atoms with van der Waals surface area (Å²) >= 11 is 0. The summed E-state index contributed by atoms with van der Waals surface area (Å²) in [6, 6.07) is 6.24. The molecule has 0 aliphatic rings. The van der Waals surface area contributed by atoms with E-state index >= 15 is 0 Å². The molecular formula is C9H8FNO. The van der Waals surface area contributed by atoms with Gasteiger partial charge in [0.15, 0.2) is 11.6 Å². The van der Waals surface area contributed by atoms with Crippen molar-refractivity contribution in [3.05, 3.63) is 29.6 Å². The first-order valence-electron chi connectivity index (χ1n) is 3.61. The van der Waals surface area contributed by atoms with Gasteiger partial charge in [-0.2, -0.15) is 5.26 Å². The summed E-state index contributed by atoms with van der Waals surface area (Å²) in [5.41, 5.74) is 0.0148. The van der Waals surface area contributed by atoms with Crippen LogP contribution in [0.15, 0.2) is 18.2 Å². The van der Waals surface area contributed by atoms with Crippen molar-refractivity contribution < 1.29 is 9.13 Å². The lowest BCUT2D eigenvalue weighted by atomic mass is 10.2. The average molecular weight is 165 g/mol. The Labute approximate surface area is 70.2 Å². The van der Waals surface area contributed by atoms with Crippen molar-refractivity contribution in [1.82, 2.24) is 0 Å². The van der Waals surface area contributed by atoms with Gasteiger partial charge in [-0.15, -0.1) is 0 Å². The third-order valence-corrected chi connectivity index (χ3v) is 1.38. The molecule has 0 amide bonds. The molecule has 0 heterocycles. The predicted molar refractivity (Wildman–Crippen MR) is 42.3 cm³/mol. The van der Waals surface area contributed by atoms with Gasteiger partial charge in [-0.1, -0.05) is 6.07 Å². The Hall–Kier alpha value is -1.56. The van der Waals surface area contributed by atoms with Gasteiger partial charge in [0, 0.05) is 0 Å². The number of benzene rings is 1. The van der Waals surface area contributed by atoms with E-state index < -0.39 is 5.82 Å². The maximum Gasteiger partial charge on any atom is 0.182 e.